The second-order valence-electron chi connectivity index (χ2n) is 8.35. The summed E-state index contributed by atoms with van der Waals surface area (Å²) in [4.78, 5) is 34.5. The van der Waals surface area contributed by atoms with Gasteiger partial charge in [0.2, 0.25) is 5.91 Å². The maximum Gasteiger partial charge on any atom is 0.259 e. The highest BCUT2D eigenvalue weighted by molar-refractivity contribution is 7.18. The zero-order valence-electron chi connectivity index (χ0n) is 18.7. The van der Waals surface area contributed by atoms with E-state index in [4.69, 9.17) is 4.74 Å². The van der Waals surface area contributed by atoms with Gasteiger partial charge in [-0.3, -0.25) is 9.59 Å². The molecule has 1 aliphatic carbocycles. The van der Waals surface area contributed by atoms with E-state index in [1.165, 1.54) is 16.9 Å². The first-order valence-corrected chi connectivity index (χ1v) is 12.5. The van der Waals surface area contributed by atoms with E-state index in [1.54, 1.807) is 11.3 Å². The van der Waals surface area contributed by atoms with Crippen molar-refractivity contribution in [1.82, 2.24) is 15.3 Å². The zero-order valence-corrected chi connectivity index (χ0v) is 19.5. The van der Waals surface area contributed by atoms with Crippen molar-refractivity contribution in [3.05, 3.63) is 56.4 Å². The molecule has 2 heterocycles. The van der Waals surface area contributed by atoms with Crippen LogP contribution in [0.2, 0.25) is 0 Å². The molecule has 0 atom stereocenters. The van der Waals surface area contributed by atoms with Crippen LogP contribution < -0.4 is 15.6 Å². The van der Waals surface area contributed by atoms with Crippen LogP contribution in [0, 0.1) is 0 Å². The summed E-state index contributed by atoms with van der Waals surface area (Å²) in [7, 11) is 0. The normalized spacial score (nSPS) is 13.2. The van der Waals surface area contributed by atoms with E-state index in [9.17, 15) is 9.59 Å². The van der Waals surface area contributed by atoms with E-state index in [2.05, 4.69) is 22.2 Å². The van der Waals surface area contributed by atoms with Crippen LogP contribution in [0.3, 0.4) is 0 Å². The highest BCUT2D eigenvalue weighted by Gasteiger charge is 2.19. The molecule has 32 heavy (non-hydrogen) atoms. The van der Waals surface area contributed by atoms with Crippen molar-refractivity contribution in [3.8, 4) is 5.75 Å². The Morgan fingerprint density at radius 2 is 2.00 bits per heavy atom. The molecule has 1 aliphatic rings. The fraction of sp³-hybridized carbons (Fsp3) is 0.480. The van der Waals surface area contributed by atoms with Gasteiger partial charge in [-0.15, -0.1) is 11.3 Å². The largest absolute Gasteiger partial charge is 0.494 e. The molecule has 3 aromatic rings. The number of ether oxygens (including phenoxy) is 1. The van der Waals surface area contributed by atoms with Crippen LogP contribution in [0.5, 0.6) is 5.75 Å². The predicted molar refractivity (Wildman–Crippen MR) is 129 cm³/mol. The van der Waals surface area contributed by atoms with Gasteiger partial charge in [-0.1, -0.05) is 25.5 Å². The van der Waals surface area contributed by atoms with Crippen molar-refractivity contribution in [2.75, 3.05) is 13.2 Å². The van der Waals surface area contributed by atoms with Gasteiger partial charge in [-0.25, -0.2) is 4.98 Å². The third-order valence-electron chi connectivity index (χ3n) is 5.89. The molecule has 0 aliphatic heterocycles. The molecule has 170 valence electrons. The number of thiophene rings is 1. The fourth-order valence-corrected chi connectivity index (χ4v) is 5.36. The molecule has 0 unspecified atom stereocenters. The number of nitrogens with one attached hydrogen (secondary N) is 2. The van der Waals surface area contributed by atoms with Crippen LogP contribution >= 0.6 is 11.3 Å². The minimum atomic E-state index is -0.0630. The Bertz CT molecular complexity index is 1120. The number of hydrogen-bond donors (Lipinski definition) is 2. The lowest BCUT2D eigenvalue weighted by atomic mass is 9.97. The summed E-state index contributed by atoms with van der Waals surface area (Å²) in [5.74, 6) is 1.45. The van der Waals surface area contributed by atoms with E-state index in [0.717, 1.165) is 66.7 Å². The maximum absolute atomic E-state index is 12.6. The summed E-state index contributed by atoms with van der Waals surface area (Å²) in [6, 6.07) is 8.04. The summed E-state index contributed by atoms with van der Waals surface area (Å²) in [6.45, 7) is 3.47. The molecule has 1 amide bonds. The monoisotopic (exact) mass is 453 g/mol. The van der Waals surface area contributed by atoms with Crippen molar-refractivity contribution in [2.24, 2.45) is 0 Å². The number of amides is 1. The molecule has 0 saturated carbocycles. The Morgan fingerprint density at radius 3 is 2.81 bits per heavy atom. The van der Waals surface area contributed by atoms with Crippen molar-refractivity contribution in [1.29, 1.82) is 0 Å². The molecule has 0 radical (unpaired) electrons. The van der Waals surface area contributed by atoms with Crippen LogP contribution in [0.15, 0.2) is 29.1 Å². The molecule has 4 rings (SSSR count). The lowest BCUT2D eigenvalue weighted by Crippen LogP contribution is -2.26. The van der Waals surface area contributed by atoms with Crippen molar-refractivity contribution < 1.29 is 9.53 Å². The Morgan fingerprint density at radius 1 is 1.19 bits per heavy atom. The standard InChI is InChI=1S/C25H31N3O3S/c1-2-3-16-31-18-10-8-17(9-11-18)14-15-26-22(29)13-12-21-27-24(30)23-19-6-4-5-7-20(19)32-25(23)28-21/h8-11H,2-7,12-16H2,1H3,(H,26,29)(H,27,28,30). The zero-order chi connectivity index (χ0) is 22.3. The third kappa shape index (κ3) is 5.57. The molecular weight excluding hydrogens is 422 g/mol. The lowest BCUT2D eigenvalue weighted by Gasteiger charge is -2.09. The van der Waals surface area contributed by atoms with Crippen molar-refractivity contribution >= 4 is 27.5 Å². The first-order chi connectivity index (χ1) is 15.6. The van der Waals surface area contributed by atoms with Gasteiger partial charge in [0.15, 0.2) is 0 Å². The number of aromatic amines is 1. The number of nitrogens with zero attached hydrogens (tertiary/aromatic N) is 1. The van der Waals surface area contributed by atoms with E-state index in [0.29, 0.717) is 25.2 Å². The second kappa shape index (κ2) is 10.8. The Balaban J connectivity index is 1.24. The molecule has 0 bridgehead atoms. The topological polar surface area (TPSA) is 84.1 Å². The smallest absolute Gasteiger partial charge is 0.259 e. The van der Waals surface area contributed by atoms with Crippen molar-refractivity contribution in [3.63, 3.8) is 0 Å². The van der Waals surface area contributed by atoms with Gasteiger partial charge in [0.25, 0.3) is 5.56 Å². The molecule has 2 N–H and O–H groups in total. The van der Waals surface area contributed by atoms with E-state index >= 15 is 0 Å². The molecule has 7 heteroatoms. The van der Waals surface area contributed by atoms with E-state index < -0.39 is 0 Å². The number of carbonyl (C=O) groups is 1. The maximum atomic E-state index is 12.6. The summed E-state index contributed by atoms with van der Waals surface area (Å²) < 4.78 is 5.68. The summed E-state index contributed by atoms with van der Waals surface area (Å²) in [5.41, 5.74) is 2.29. The average Bonchev–Trinajstić information content (AvgIpc) is 3.18. The summed E-state index contributed by atoms with van der Waals surface area (Å²) in [6.07, 6.45) is 8.02. The van der Waals surface area contributed by atoms with Gasteiger partial charge < -0.3 is 15.0 Å². The SMILES string of the molecule is CCCCOc1ccc(CCNC(=O)CCc2nc3sc4c(c3c(=O)[nH]2)CCCC4)cc1. The molecule has 6 nitrogen and oxygen atoms in total. The predicted octanol–water partition coefficient (Wildman–Crippen LogP) is 4.33. The van der Waals surface area contributed by atoms with Gasteiger partial charge in [0.1, 0.15) is 16.4 Å². The van der Waals surface area contributed by atoms with Gasteiger partial charge in [0, 0.05) is 24.3 Å². The Hall–Kier alpha value is -2.67. The second-order valence-corrected chi connectivity index (χ2v) is 9.43. The van der Waals surface area contributed by atoms with Crippen LogP contribution in [0.25, 0.3) is 10.2 Å². The number of benzene rings is 1. The Labute approximate surface area is 192 Å². The number of hydrogen-bond acceptors (Lipinski definition) is 5. The minimum absolute atomic E-state index is 0.0299. The lowest BCUT2D eigenvalue weighted by molar-refractivity contribution is -0.121. The molecular formula is C25H31N3O3S. The number of fused-ring (bicyclic) bond motifs is 3. The van der Waals surface area contributed by atoms with Crippen LogP contribution in [-0.4, -0.2) is 29.0 Å². The number of rotatable bonds is 10. The van der Waals surface area contributed by atoms with E-state index in [1.807, 2.05) is 24.3 Å². The van der Waals surface area contributed by atoms with Gasteiger partial charge in [-0.05, 0) is 61.8 Å². The molecule has 0 fully saturated rings. The minimum Gasteiger partial charge on any atom is -0.494 e. The number of H-pyrrole nitrogens is 1. The van der Waals surface area contributed by atoms with Crippen LogP contribution in [0.4, 0.5) is 0 Å². The average molecular weight is 454 g/mol. The highest BCUT2D eigenvalue weighted by atomic mass is 32.1. The Kier molecular flexibility index (Phi) is 7.58. The van der Waals surface area contributed by atoms with Crippen LogP contribution in [-0.2, 0) is 30.5 Å². The third-order valence-corrected chi connectivity index (χ3v) is 7.07. The van der Waals surface area contributed by atoms with Gasteiger partial charge >= 0.3 is 0 Å². The molecule has 2 aromatic heterocycles. The first kappa shape index (κ1) is 22.5. The number of carbonyl (C=O) groups excluding carboxylic acids is 1. The molecule has 0 spiro atoms. The number of aromatic nitrogens is 2. The molecule has 1 aromatic carbocycles. The van der Waals surface area contributed by atoms with E-state index in [-0.39, 0.29) is 11.5 Å². The first-order valence-electron chi connectivity index (χ1n) is 11.7. The quantitative estimate of drug-likeness (QED) is 0.448. The highest BCUT2D eigenvalue weighted by Crippen LogP contribution is 2.33. The van der Waals surface area contributed by atoms with Crippen molar-refractivity contribution in [2.45, 2.75) is 64.7 Å². The number of unbranched alkanes of at least 4 members (excludes halogenated alkanes) is 1. The summed E-state index contributed by atoms with van der Waals surface area (Å²) >= 11 is 1.64. The fourth-order valence-electron chi connectivity index (χ4n) is 4.08. The van der Waals surface area contributed by atoms with Crippen LogP contribution in [0.1, 0.15) is 60.9 Å². The van der Waals surface area contributed by atoms with Gasteiger partial charge in [-0.2, -0.15) is 0 Å². The molecule has 0 saturated heterocycles. The van der Waals surface area contributed by atoms with Gasteiger partial charge in [0.05, 0.1) is 12.0 Å². The summed E-state index contributed by atoms with van der Waals surface area (Å²) in [5, 5.41) is 3.73. The number of aryl methyl sites for hydroxylation is 3.